The van der Waals surface area contributed by atoms with Gasteiger partial charge in [0.1, 0.15) is 5.82 Å². The van der Waals surface area contributed by atoms with E-state index < -0.39 is 0 Å². The van der Waals surface area contributed by atoms with Crippen LogP contribution in [0.15, 0.2) is 47.4 Å². The predicted octanol–water partition coefficient (Wildman–Crippen LogP) is 4.31. The lowest BCUT2D eigenvalue weighted by atomic mass is 10.1. The van der Waals surface area contributed by atoms with E-state index in [1.807, 2.05) is 30.5 Å². The van der Waals surface area contributed by atoms with Crippen molar-refractivity contribution < 1.29 is 4.39 Å². The third-order valence-electron chi connectivity index (χ3n) is 3.01. The Balaban J connectivity index is 2.21. The number of nitrogens with one attached hydrogen (secondary N) is 1. The zero-order valence-corrected chi connectivity index (χ0v) is 12.6. The SMILES string of the molecule is CSc1ccc(C(CN)Nc2cc(F)ccc2Cl)cc1. The van der Waals surface area contributed by atoms with Gasteiger partial charge in [0.2, 0.25) is 0 Å². The maximum atomic E-state index is 13.3. The van der Waals surface area contributed by atoms with Crippen LogP contribution >= 0.6 is 23.4 Å². The average molecular weight is 311 g/mol. The molecule has 0 amide bonds. The van der Waals surface area contributed by atoms with E-state index in [1.54, 1.807) is 11.8 Å². The fraction of sp³-hybridized carbons (Fsp3) is 0.200. The van der Waals surface area contributed by atoms with Crippen LogP contribution in [-0.4, -0.2) is 12.8 Å². The van der Waals surface area contributed by atoms with Crippen LogP contribution in [0.25, 0.3) is 0 Å². The fourth-order valence-electron chi connectivity index (χ4n) is 1.91. The largest absolute Gasteiger partial charge is 0.376 e. The molecule has 0 saturated carbocycles. The molecule has 106 valence electrons. The van der Waals surface area contributed by atoms with E-state index in [0.29, 0.717) is 17.3 Å². The van der Waals surface area contributed by atoms with Crippen LogP contribution in [0.1, 0.15) is 11.6 Å². The molecular formula is C15H16ClFN2S. The monoisotopic (exact) mass is 310 g/mol. The lowest BCUT2D eigenvalue weighted by Gasteiger charge is -2.19. The predicted molar refractivity (Wildman–Crippen MR) is 85.1 cm³/mol. The molecule has 2 rings (SSSR count). The summed E-state index contributed by atoms with van der Waals surface area (Å²) in [5.74, 6) is -0.328. The van der Waals surface area contributed by atoms with Crippen LogP contribution in [-0.2, 0) is 0 Å². The minimum Gasteiger partial charge on any atom is -0.376 e. The van der Waals surface area contributed by atoms with Gasteiger partial charge < -0.3 is 11.1 Å². The second-order valence-electron chi connectivity index (χ2n) is 4.33. The fourth-order valence-corrected chi connectivity index (χ4v) is 2.49. The first-order chi connectivity index (χ1) is 9.63. The van der Waals surface area contributed by atoms with E-state index in [4.69, 9.17) is 17.3 Å². The number of rotatable bonds is 5. The molecule has 0 aromatic heterocycles. The van der Waals surface area contributed by atoms with Crippen molar-refractivity contribution >= 4 is 29.1 Å². The van der Waals surface area contributed by atoms with Gasteiger partial charge in [-0.3, -0.25) is 0 Å². The number of thioether (sulfide) groups is 1. The van der Waals surface area contributed by atoms with Crippen LogP contribution in [0.2, 0.25) is 5.02 Å². The summed E-state index contributed by atoms with van der Waals surface area (Å²) in [5, 5.41) is 3.67. The molecule has 2 aromatic rings. The second-order valence-corrected chi connectivity index (χ2v) is 5.62. The molecule has 5 heteroatoms. The van der Waals surface area contributed by atoms with Crippen LogP contribution in [0.3, 0.4) is 0 Å². The quantitative estimate of drug-likeness (QED) is 0.808. The Bertz CT molecular complexity index is 575. The average Bonchev–Trinajstić information content (AvgIpc) is 2.48. The zero-order valence-electron chi connectivity index (χ0n) is 11.1. The number of halogens is 2. The van der Waals surface area contributed by atoms with Crippen molar-refractivity contribution in [3.05, 3.63) is 58.9 Å². The summed E-state index contributed by atoms with van der Waals surface area (Å²) in [7, 11) is 0. The highest BCUT2D eigenvalue weighted by Crippen LogP contribution is 2.27. The van der Waals surface area contributed by atoms with Crippen molar-refractivity contribution in [3.63, 3.8) is 0 Å². The van der Waals surface area contributed by atoms with Gasteiger partial charge in [-0.1, -0.05) is 23.7 Å². The number of benzene rings is 2. The minimum absolute atomic E-state index is 0.106. The molecule has 2 nitrogen and oxygen atoms in total. The highest BCUT2D eigenvalue weighted by molar-refractivity contribution is 7.98. The van der Waals surface area contributed by atoms with Crippen molar-refractivity contribution in [1.82, 2.24) is 0 Å². The van der Waals surface area contributed by atoms with Gasteiger partial charge in [-0.2, -0.15) is 0 Å². The van der Waals surface area contributed by atoms with Crippen molar-refractivity contribution in [1.29, 1.82) is 0 Å². The van der Waals surface area contributed by atoms with Crippen molar-refractivity contribution in [2.75, 3.05) is 18.1 Å². The normalized spacial score (nSPS) is 12.2. The van der Waals surface area contributed by atoms with Gasteiger partial charge >= 0.3 is 0 Å². The van der Waals surface area contributed by atoms with Gasteiger partial charge in [-0.15, -0.1) is 11.8 Å². The smallest absolute Gasteiger partial charge is 0.125 e. The summed E-state index contributed by atoms with van der Waals surface area (Å²) in [4.78, 5) is 1.19. The summed E-state index contributed by atoms with van der Waals surface area (Å²) in [6.07, 6.45) is 2.03. The maximum Gasteiger partial charge on any atom is 0.125 e. The lowest BCUT2D eigenvalue weighted by molar-refractivity contribution is 0.627. The highest BCUT2D eigenvalue weighted by atomic mass is 35.5. The van der Waals surface area contributed by atoms with Crippen molar-refractivity contribution in [3.8, 4) is 0 Å². The van der Waals surface area contributed by atoms with Gasteiger partial charge in [-0.05, 0) is 42.2 Å². The molecule has 2 aromatic carbocycles. The Morgan fingerprint density at radius 1 is 1.25 bits per heavy atom. The van der Waals surface area contributed by atoms with Crippen molar-refractivity contribution in [2.45, 2.75) is 10.9 Å². The van der Waals surface area contributed by atoms with Crippen LogP contribution < -0.4 is 11.1 Å². The summed E-state index contributed by atoms with van der Waals surface area (Å²) in [6.45, 7) is 0.394. The van der Waals surface area contributed by atoms with E-state index in [2.05, 4.69) is 5.32 Å². The van der Waals surface area contributed by atoms with E-state index in [9.17, 15) is 4.39 Å². The summed E-state index contributed by atoms with van der Waals surface area (Å²) >= 11 is 7.74. The summed E-state index contributed by atoms with van der Waals surface area (Å²) in [6, 6.07) is 12.2. The van der Waals surface area contributed by atoms with Crippen LogP contribution in [0.4, 0.5) is 10.1 Å². The molecule has 0 radical (unpaired) electrons. The summed E-state index contributed by atoms with van der Waals surface area (Å²) < 4.78 is 13.3. The van der Waals surface area contributed by atoms with Gasteiger partial charge in [0.25, 0.3) is 0 Å². The van der Waals surface area contributed by atoms with E-state index in [0.717, 1.165) is 5.56 Å². The molecule has 0 heterocycles. The van der Waals surface area contributed by atoms with Gasteiger partial charge in [-0.25, -0.2) is 4.39 Å². The van der Waals surface area contributed by atoms with Gasteiger partial charge in [0.05, 0.1) is 16.8 Å². The highest BCUT2D eigenvalue weighted by Gasteiger charge is 2.12. The second kappa shape index (κ2) is 6.97. The van der Waals surface area contributed by atoms with Crippen LogP contribution in [0, 0.1) is 5.82 Å². The lowest BCUT2D eigenvalue weighted by Crippen LogP contribution is -2.20. The minimum atomic E-state index is -0.328. The molecule has 0 spiro atoms. The molecule has 0 aliphatic carbocycles. The Labute approximate surface area is 127 Å². The van der Waals surface area contributed by atoms with E-state index in [1.165, 1.54) is 23.1 Å². The van der Waals surface area contributed by atoms with Crippen LogP contribution in [0.5, 0.6) is 0 Å². The Kier molecular flexibility index (Phi) is 5.29. The van der Waals surface area contributed by atoms with E-state index >= 15 is 0 Å². The first kappa shape index (κ1) is 15.2. The molecular weight excluding hydrogens is 295 g/mol. The molecule has 3 N–H and O–H groups in total. The Morgan fingerprint density at radius 2 is 1.95 bits per heavy atom. The standard InChI is InChI=1S/C15H16ClFN2S/c1-20-12-5-2-10(3-6-12)15(9-18)19-14-8-11(17)4-7-13(14)16/h2-8,15,19H,9,18H2,1H3. The molecule has 0 bridgehead atoms. The molecule has 0 aliphatic heterocycles. The molecule has 0 fully saturated rings. The molecule has 0 aliphatic rings. The number of hydrogen-bond acceptors (Lipinski definition) is 3. The Hall–Kier alpha value is -1.23. The zero-order chi connectivity index (χ0) is 14.5. The third kappa shape index (κ3) is 3.66. The topological polar surface area (TPSA) is 38.0 Å². The molecule has 20 heavy (non-hydrogen) atoms. The first-order valence-electron chi connectivity index (χ1n) is 6.19. The molecule has 0 saturated heterocycles. The Morgan fingerprint density at radius 3 is 2.55 bits per heavy atom. The van der Waals surface area contributed by atoms with E-state index in [-0.39, 0.29) is 11.9 Å². The van der Waals surface area contributed by atoms with Crippen molar-refractivity contribution in [2.24, 2.45) is 5.73 Å². The third-order valence-corrected chi connectivity index (χ3v) is 4.09. The summed E-state index contributed by atoms with van der Waals surface area (Å²) in [5.41, 5.74) is 7.41. The van der Waals surface area contributed by atoms with Gasteiger partial charge in [0, 0.05) is 11.4 Å². The maximum absolute atomic E-state index is 13.3. The first-order valence-corrected chi connectivity index (χ1v) is 7.80. The van der Waals surface area contributed by atoms with Gasteiger partial charge in [0.15, 0.2) is 0 Å². The molecule has 1 unspecified atom stereocenters. The number of nitrogens with two attached hydrogens (primary N) is 1. The number of anilines is 1. The molecule has 1 atom stereocenters. The number of hydrogen-bond donors (Lipinski definition) is 2.